The van der Waals surface area contributed by atoms with Crippen LogP contribution >= 0.6 is 11.3 Å². The third kappa shape index (κ3) is 5.63. The van der Waals surface area contributed by atoms with E-state index in [1.165, 1.54) is 16.9 Å². The third-order valence-electron chi connectivity index (χ3n) is 3.98. The van der Waals surface area contributed by atoms with Gasteiger partial charge in [-0.1, -0.05) is 30.2 Å². The monoisotopic (exact) mass is 391 g/mol. The average molecular weight is 392 g/mol. The molecular formula is C21H21N5OS. The molecule has 0 saturated carbocycles. The number of carbonyl (C=O) groups is 1. The van der Waals surface area contributed by atoms with Crippen LogP contribution in [0.25, 0.3) is 0 Å². The number of carbonyl (C=O) groups excluding carboxylic acids is 1. The molecule has 3 rings (SSSR count). The fourth-order valence-electron chi connectivity index (χ4n) is 2.39. The number of aryl methyl sites for hydroxylation is 2. The second-order valence-electron chi connectivity index (χ2n) is 6.06. The topological polar surface area (TPSA) is 79.8 Å². The van der Waals surface area contributed by atoms with Crippen LogP contribution in [0.4, 0.5) is 9.93 Å². The Balaban J connectivity index is 1.51. The van der Waals surface area contributed by atoms with Crippen molar-refractivity contribution in [2.45, 2.75) is 26.7 Å². The molecule has 0 unspecified atom stereocenters. The Labute approximate surface area is 168 Å². The van der Waals surface area contributed by atoms with Gasteiger partial charge in [0.2, 0.25) is 0 Å². The molecule has 0 atom stereocenters. The molecule has 6 nitrogen and oxygen atoms in total. The number of amides is 2. The van der Waals surface area contributed by atoms with Crippen LogP contribution in [0.3, 0.4) is 0 Å². The maximum atomic E-state index is 12.1. The zero-order valence-electron chi connectivity index (χ0n) is 15.8. The van der Waals surface area contributed by atoms with E-state index < -0.39 is 0 Å². The van der Waals surface area contributed by atoms with Gasteiger partial charge in [-0.15, -0.1) is 0 Å². The molecular weight excluding hydrogens is 370 g/mol. The minimum absolute atomic E-state index is 0.285. The quantitative estimate of drug-likeness (QED) is 0.652. The van der Waals surface area contributed by atoms with Gasteiger partial charge in [-0.3, -0.25) is 15.3 Å². The van der Waals surface area contributed by atoms with Crippen molar-refractivity contribution in [2.24, 2.45) is 0 Å². The summed E-state index contributed by atoms with van der Waals surface area (Å²) in [5.74, 6) is 6.17. The lowest BCUT2D eigenvalue weighted by molar-refractivity contribution is 0.252. The summed E-state index contributed by atoms with van der Waals surface area (Å²) in [6, 6.07) is 7.47. The largest absolute Gasteiger partial charge is 0.337 e. The van der Waals surface area contributed by atoms with Crippen molar-refractivity contribution in [3.05, 3.63) is 70.2 Å². The van der Waals surface area contributed by atoms with Gasteiger partial charge < -0.3 is 5.32 Å². The number of nitrogens with zero attached hydrogens (tertiary/aromatic N) is 3. The maximum Gasteiger partial charge on any atom is 0.321 e. The fourth-order valence-corrected chi connectivity index (χ4v) is 3.20. The second-order valence-corrected chi connectivity index (χ2v) is 7.06. The van der Waals surface area contributed by atoms with E-state index in [1.807, 2.05) is 31.3 Å². The highest BCUT2D eigenvalue weighted by Gasteiger charge is 2.09. The molecule has 0 aliphatic carbocycles. The van der Waals surface area contributed by atoms with Gasteiger partial charge in [0.25, 0.3) is 0 Å². The van der Waals surface area contributed by atoms with Gasteiger partial charge >= 0.3 is 6.03 Å². The Kier molecular flexibility index (Phi) is 6.71. The first-order valence-corrected chi connectivity index (χ1v) is 9.84. The highest BCUT2D eigenvalue weighted by molar-refractivity contribution is 7.16. The molecule has 0 aromatic carbocycles. The van der Waals surface area contributed by atoms with Crippen LogP contribution in [0.1, 0.15) is 34.3 Å². The van der Waals surface area contributed by atoms with Crippen LogP contribution in [0.2, 0.25) is 0 Å². The van der Waals surface area contributed by atoms with Crippen molar-refractivity contribution in [1.82, 2.24) is 20.3 Å². The predicted molar refractivity (Wildman–Crippen MR) is 111 cm³/mol. The average Bonchev–Trinajstić information content (AvgIpc) is 3.06. The second kappa shape index (κ2) is 9.62. The lowest BCUT2D eigenvalue weighted by Crippen LogP contribution is -2.30. The summed E-state index contributed by atoms with van der Waals surface area (Å²) in [5.41, 5.74) is 3.84. The molecule has 2 N–H and O–H groups in total. The lowest BCUT2D eigenvalue weighted by Gasteiger charge is -2.05. The minimum Gasteiger partial charge on any atom is -0.337 e. The number of pyridine rings is 2. The molecule has 0 saturated heterocycles. The first-order valence-electron chi connectivity index (χ1n) is 9.02. The van der Waals surface area contributed by atoms with Crippen LogP contribution in [0.5, 0.6) is 0 Å². The number of rotatable bonds is 5. The van der Waals surface area contributed by atoms with Gasteiger partial charge in [0.15, 0.2) is 5.13 Å². The molecule has 3 aromatic rings. The van der Waals surface area contributed by atoms with Gasteiger partial charge in [-0.2, -0.15) is 0 Å². The summed E-state index contributed by atoms with van der Waals surface area (Å²) in [6.45, 7) is 4.48. The maximum absolute atomic E-state index is 12.1. The number of urea groups is 1. The zero-order chi connectivity index (χ0) is 19.8. The molecule has 3 aromatic heterocycles. The van der Waals surface area contributed by atoms with Crippen LogP contribution in [-0.4, -0.2) is 27.5 Å². The van der Waals surface area contributed by atoms with Crippen molar-refractivity contribution in [3.63, 3.8) is 0 Å². The zero-order valence-corrected chi connectivity index (χ0v) is 16.6. The Hall–Kier alpha value is -3.24. The summed E-state index contributed by atoms with van der Waals surface area (Å²) in [5, 5.41) is 6.12. The first kappa shape index (κ1) is 19.5. The molecule has 0 aliphatic heterocycles. The Morgan fingerprint density at radius 1 is 1.18 bits per heavy atom. The van der Waals surface area contributed by atoms with Gasteiger partial charge in [0.1, 0.15) is 4.88 Å². The highest BCUT2D eigenvalue weighted by atomic mass is 32.1. The van der Waals surface area contributed by atoms with E-state index in [0.717, 1.165) is 28.2 Å². The van der Waals surface area contributed by atoms with Crippen LogP contribution in [-0.2, 0) is 12.8 Å². The van der Waals surface area contributed by atoms with Crippen molar-refractivity contribution >= 4 is 22.5 Å². The Morgan fingerprint density at radius 3 is 2.71 bits per heavy atom. The fraction of sp³-hybridized carbons (Fsp3) is 0.238. The lowest BCUT2D eigenvalue weighted by atomic mass is 10.2. The normalized spacial score (nSPS) is 10.1. The van der Waals surface area contributed by atoms with Gasteiger partial charge in [-0.05, 0) is 43.0 Å². The summed E-state index contributed by atoms with van der Waals surface area (Å²) >= 11 is 1.36. The molecule has 28 heavy (non-hydrogen) atoms. The third-order valence-corrected chi connectivity index (χ3v) is 4.97. The molecule has 0 bridgehead atoms. The van der Waals surface area contributed by atoms with Crippen LogP contribution in [0.15, 0.2) is 42.9 Å². The molecule has 2 amide bonds. The van der Waals surface area contributed by atoms with Crippen LogP contribution < -0.4 is 10.6 Å². The first-order chi connectivity index (χ1) is 13.6. The standard InChI is InChI=1S/C21H21N5OS/c1-3-16-4-6-18(24-14-16)10-13-23-20(27)26-21-25-15(2)19(28-21)7-5-17-8-11-22-12-9-17/h4,6,8-9,11-12,14H,3,10,13H2,1-2H3,(H2,23,25,26,27). The number of hydrogen-bond acceptors (Lipinski definition) is 5. The number of nitrogens with one attached hydrogen (secondary N) is 2. The van der Waals surface area contributed by atoms with Crippen molar-refractivity contribution in [1.29, 1.82) is 0 Å². The number of anilines is 1. The molecule has 0 spiro atoms. The molecule has 0 radical (unpaired) electrons. The van der Waals surface area contributed by atoms with Gasteiger partial charge in [0.05, 0.1) is 5.69 Å². The Bertz CT molecular complexity index is 987. The summed E-state index contributed by atoms with van der Waals surface area (Å²) in [6.07, 6.45) is 6.93. The van der Waals surface area contributed by atoms with E-state index in [1.54, 1.807) is 12.4 Å². The highest BCUT2D eigenvalue weighted by Crippen LogP contribution is 2.21. The number of aromatic nitrogens is 3. The van der Waals surface area contributed by atoms with E-state index >= 15 is 0 Å². The molecule has 0 fully saturated rings. The van der Waals surface area contributed by atoms with E-state index in [2.05, 4.69) is 50.4 Å². The van der Waals surface area contributed by atoms with Gasteiger partial charge in [-0.25, -0.2) is 9.78 Å². The summed E-state index contributed by atoms with van der Waals surface area (Å²) in [4.78, 5) is 25.6. The van der Waals surface area contributed by atoms with Crippen molar-refractivity contribution in [3.8, 4) is 11.8 Å². The van der Waals surface area contributed by atoms with E-state index in [9.17, 15) is 4.79 Å². The van der Waals surface area contributed by atoms with Crippen molar-refractivity contribution < 1.29 is 4.79 Å². The number of thiazole rings is 1. The molecule has 142 valence electrons. The smallest absolute Gasteiger partial charge is 0.321 e. The Morgan fingerprint density at radius 2 is 2.00 bits per heavy atom. The molecule has 3 heterocycles. The molecule has 7 heteroatoms. The number of hydrogen-bond donors (Lipinski definition) is 2. The summed E-state index contributed by atoms with van der Waals surface area (Å²) < 4.78 is 0. The molecule has 0 aliphatic rings. The van der Waals surface area contributed by atoms with E-state index in [0.29, 0.717) is 18.1 Å². The summed E-state index contributed by atoms with van der Waals surface area (Å²) in [7, 11) is 0. The van der Waals surface area contributed by atoms with E-state index in [4.69, 9.17) is 0 Å². The van der Waals surface area contributed by atoms with Crippen LogP contribution in [0, 0.1) is 18.8 Å². The predicted octanol–water partition coefficient (Wildman–Crippen LogP) is 3.57. The minimum atomic E-state index is -0.285. The van der Waals surface area contributed by atoms with Gasteiger partial charge in [0, 0.05) is 42.8 Å². The van der Waals surface area contributed by atoms with E-state index in [-0.39, 0.29) is 6.03 Å². The SMILES string of the molecule is CCc1ccc(CCNC(=O)Nc2nc(C)c(C#Cc3ccncc3)s2)nc1. The van der Waals surface area contributed by atoms with Crippen molar-refractivity contribution in [2.75, 3.05) is 11.9 Å².